The Kier molecular flexibility index (Phi) is 2.30. The van der Waals surface area contributed by atoms with Gasteiger partial charge in [-0.25, -0.2) is 9.97 Å². The molecule has 3 rings (SSSR count). The van der Waals surface area contributed by atoms with E-state index in [-0.39, 0.29) is 0 Å². The number of nitrogens with zero attached hydrogens (tertiary/aromatic N) is 2. The fourth-order valence-electron chi connectivity index (χ4n) is 1.82. The summed E-state index contributed by atoms with van der Waals surface area (Å²) in [7, 11) is 0. The van der Waals surface area contributed by atoms with E-state index < -0.39 is 0 Å². The average molecular weight is 241 g/mol. The second-order valence-corrected chi connectivity index (χ2v) is 4.90. The van der Waals surface area contributed by atoms with Crippen LogP contribution in [0.15, 0.2) is 36.4 Å². The lowest BCUT2D eigenvalue weighted by atomic mass is 10.2. The number of hydrogen-bond donors (Lipinski definition) is 1. The third kappa shape index (κ3) is 1.76. The van der Waals surface area contributed by atoms with Gasteiger partial charge >= 0.3 is 0 Å². The molecule has 0 aliphatic rings. The van der Waals surface area contributed by atoms with Crippen LogP contribution in [0.3, 0.4) is 0 Å². The van der Waals surface area contributed by atoms with Crippen molar-refractivity contribution in [1.82, 2.24) is 9.97 Å². The van der Waals surface area contributed by atoms with E-state index in [2.05, 4.69) is 28.2 Å². The Labute approximate surface area is 103 Å². The summed E-state index contributed by atoms with van der Waals surface area (Å²) >= 11 is 1.64. The van der Waals surface area contributed by atoms with Gasteiger partial charge in [-0.15, -0.1) is 11.3 Å². The van der Waals surface area contributed by atoms with Crippen molar-refractivity contribution in [2.75, 3.05) is 5.73 Å². The molecule has 0 aliphatic carbocycles. The van der Waals surface area contributed by atoms with Gasteiger partial charge in [0.25, 0.3) is 0 Å². The van der Waals surface area contributed by atoms with Gasteiger partial charge in [0.05, 0.1) is 10.2 Å². The van der Waals surface area contributed by atoms with Gasteiger partial charge in [0.2, 0.25) is 0 Å². The fourth-order valence-corrected chi connectivity index (χ4v) is 2.82. The molecule has 2 aromatic heterocycles. The Morgan fingerprint density at radius 2 is 1.88 bits per heavy atom. The van der Waals surface area contributed by atoms with Gasteiger partial charge in [-0.3, -0.25) is 0 Å². The Bertz CT molecular complexity index is 674. The maximum atomic E-state index is 5.91. The minimum absolute atomic E-state index is 0.569. The van der Waals surface area contributed by atoms with Crippen molar-refractivity contribution in [3.8, 4) is 10.4 Å². The number of rotatable bonds is 1. The molecule has 84 valence electrons. The van der Waals surface area contributed by atoms with Crippen molar-refractivity contribution in [1.29, 1.82) is 0 Å². The first kappa shape index (κ1) is 10.2. The minimum atomic E-state index is 0.569. The van der Waals surface area contributed by atoms with Crippen LogP contribution in [0.2, 0.25) is 0 Å². The number of fused-ring (bicyclic) bond motifs is 1. The third-order valence-electron chi connectivity index (χ3n) is 2.57. The van der Waals surface area contributed by atoms with E-state index >= 15 is 0 Å². The standard InChI is InChI=1S/C13H11N3S/c1-8-15-10-7-11(9-5-3-2-4-6-9)17-12(10)13(14)16-8/h2-7H,1H3,(H2,14,15,16). The van der Waals surface area contributed by atoms with E-state index in [0.717, 1.165) is 10.2 Å². The molecule has 2 N–H and O–H groups in total. The number of nitrogens with two attached hydrogens (primary N) is 1. The molecule has 1 aromatic carbocycles. The molecule has 17 heavy (non-hydrogen) atoms. The lowest BCUT2D eigenvalue weighted by Crippen LogP contribution is -1.94. The smallest absolute Gasteiger partial charge is 0.145 e. The predicted molar refractivity (Wildman–Crippen MR) is 72.0 cm³/mol. The molecule has 4 heteroatoms. The predicted octanol–water partition coefficient (Wildman–Crippen LogP) is 3.25. The lowest BCUT2D eigenvalue weighted by Gasteiger charge is -1.95. The lowest BCUT2D eigenvalue weighted by molar-refractivity contribution is 1.10. The second-order valence-electron chi connectivity index (χ2n) is 3.85. The van der Waals surface area contributed by atoms with E-state index in [9.17, 15) is 0 Å². The molecule has 0 spiro atoms. The molecular weight excluding hydrogens is 230 g/mol. The minimum Gasteiger partial charge on any atom is -0.382 e. The van der Waals surface area contributed by atoms with Crippen LogP contribution in [0.1, 0.15) is 5.82 Å². The maximum absolute atomic E-state index is 5.91. The highest BCUT2D eigenvalue weighted by atomic mass is 32.1. The van der Waals surface area contributed by atoms with Crippen molar-refractivity contribution >= 4 is 27.4 Å². The van der Waals surface area contributed by atoms with Crippen LogP contribution in [-0.4, -0.2) is 9.97 Å². The number of nitrogen functional groups attached to an aromatic ring is 1. The molecule has 3 aromatic rings. The molecule has 0 atom stereocenters. The van der Waals surface area contributed by atoms with Crippen LogP contribution in [0.5, 0.6) is 0 Å². The Balaban J connectivity index is 2.24. The summed E-state index contributed by atoms with van der Waals surface area (Å²) in [6.45, 7) is 1.86. The van der Waals surface area contributed by atoms with Gasteiger partial charge in [-0.05, 0) is 18.6 Å². The van der Waals surface area contributed by atoms with Crippen LogP contribution in [-0.2, 0) is 0 Å². The first-order valence-corrected chi connectivity index (χ1v) is 6.15. The van der Waals surface area contributed by atoms with E-state index in [1.54, 1.807) is 11.3 Å². The van der Waals surface area contributed by atoms with Crippen LogP contribution in [0.4, 0.5) is 5.82 Å². The highest BCUT2D eigenvalue weighted by Gasteiger charge is 2.09. The van der Waals surface area contributed by atoms with Crippen molar-refractivity contribution in [3.05, 3.63) is 42.2 Å². The monoisotopic (exact) mass is 241 g/mol. The molecule has 0 radical (unpaired) electrons. The molecule has 0 saturated carbocycles. The Morgan fingerprint density at radius 1 is 1.12 bits per heavy atom. The quantitative estimate of drug-likeness (QED) is 0.711. The summed E-state index contributed by atoms with van der Waals surface area (Å²) in [5.74, 6) is 1.28. The molecule has 0 fully saturated rings. The first-order chi connectivity index (χ1) is 8.24. The number of aromatic nitrogens is 2. The van der Waals surface area contributed by atoms with Crippen molar-refractivity contribution in [3.63, 3.8) is 0 Å². The van der Waals surface area contributed by atoms with Crippen LogP contribution in [0, 0.1) is 6.92 Å². The molecule has 3 nitrogen and oxygen atoms in total. The normalized spacial score (nSPS) is 10.9. The number of hydrogen-bond acceptors (Lipinski definition) is 4. The van der Waals surface area contributed by atoms with Crippen LogP contribution >= 0.6 is 11.3 Å². The molecule has 0 unspecified atom stereocenters. The Hall–Kier alpha value is -1.94. The summed E-state index contributed by atoms with van der Waals surface area (Å²) in [6.07, 6.45) is 0. The molecule has 2 heterocycles. The number of anilines is 1. The van der Waals surface area contributed by atoms with Gasteiger partial charge in [-0.2, -0.15) is 0 Å². The van der Waals surface area contributed by atoms with Gasteiger partial charge in [0.15, 0.2) is 0 Å². The first-order valence-electron chi connectivity index (χ1n) is 5.33. The Morgan fingerprint density at radius 3 is 2.65 bits per heavy atom. The molecule has 0 aliphatic heterocycles. The van der Waals surface area contributed by atoms with Crippen molar-refractivity contribution in [2.45, 2.75) is 6.92 Å². The summed E-state index contributed by atoms with van der Waals surface area (Å²) < 4.78 is 0.967. The molecule has 0 amide bonds. The third-order valence-corrected chi connectivity index (χ3v) is 3.76. The van der Waals surface area contributed by atoms with Crippen LogP contribution < -0.4 is 5.73 Å². The van der Waals surface area contributed by atoms with Gasteiger partial charge < -0.3 is 5.73 Å². The van der Waals surface area contributed by atoms with E-state index in [4.69, 9.17) is 5.73 Å². The largest absolute Gasteiger partial charge is 0.382 e. The maximum Gasteiger partial charge on any atom is 0.145 e. The summed E-state index contributed by atoms with van der Waals surface area (Å²) in [5.41, 5.74) is 8.02. The van der Waals surface area contributed by atoms with E-state index in [1.807, 2.05) is 25.1 Å². The molecule has 0 saturated heterocycles. The zero-order valence-electron chi connectivity index (χ0n) is 9.34. The summed E-state index contributed by atoms with van der Waals surface area (Å²) in [4.78, 5) is 9.76. The average Bonchev–Trinajstić information content (AvgIpc) is 2.74. The second kappa shape index (κ2) is 3.82. The van der Waals surface area contributed by atoms with Gasteiger partial charge in [0.1, 0.15) is 11.6 Å². The van der Waals surface area contributed by atoms with E-state index in [0.29, 0.717) is 11.6 Å². The van der Waals surface area contributed by atoms with Crippen LogP contribution in [0.25, 0.3) is 20.7 Å². The van der Waals surface area contributed by atoms with E-state index in [1.165, 1.54) is 10.4 Å². The van der Waals surface area contributed by atoms with Gasteiger partial charge in [0, 0.05) is 4.88 Å². The number of aryl methyl sites for hydroxylation is 1. The number of thiophene rings is 1. The SMILES string of the molecule is Cc1nc(N)c2sc(-c3ccccc3)cc2n1. The molecular formula is C13H11N3S. The van der Waals surface area contributed by atoms with Crippen molar-refractivity contribution in [2.24, 2.45) is 0 Å². The zero-order valence-corrected chi connectivity index (χ0v) is 10.2. The van der Waals surface area contributed by atoms with Crippen molar-refractivity contribution < 1.29 is 0 Å². The van der Waals surface area contributed by atoms with Gasteiger partial charge in [-0.1, -0.05) is 30.3 Å². The fraction of sp³-hybridized carbons (Fsp3) is 0.0769. The highest BCUT2D eigenvalue weighted by Crippen LogP contribution is 2.34. The summed E-state index contributed by atoms with van der Waals surface area (Å²) in [5, 5.41) is 0. The topological polar surface area (TPSA) is 51.8 Å². The molecule has 0 bridgehead atoms. The summed E-state index contributed by atoms with van der Waals surface area (Å²) in [6, 6.07) is 12.3. The number of benzene rings is 1. The highest BCUT2D eigenvalue weighted by molar-refractivity contribution is 7.22. The zero-order chi connectivity index (χ0) is 11.8.